The van der Waals surface area contributed by atoms with Crippen molar-refractivity contribution in [3.8, 4) is 11.5 Å². The summed E-state index contributed by atoms with van der Waals surface area (Å²) in [6.45, 7) is 4.36. The quantitative estimate of drug-likeness (QED) is 0.821. The minimum Gasteiger partial charge on any atom is -0.495 e. The number of halogens is 1. The molecule has 2 aromatic carbocycles. The van der Waals surface area contributed by atoms with Crippen LogP contribution in [0.1, 0.15) is 17.5 Å². The Morgan fingerprint density at radius 1 is 1.11 bits per heavy atom. The smallest absolute Gasteiger partial charge is 0.229 e. The summed E-state index contributed by atoms with van der Waals surface area (Å²) in [7, 11) is 2.99. The van der Waals surface area contributed by atoms with E-state index in [1.165, 1.54) is 14.2 Å². The molecule has 1 aliphatic rings. The van der Waals surface area contributed by atoms with Crippen molar-refractivity contribution >= 4 is 34.8 Å². The number of carbonyl (C=O) groups is 2. The first kappa shape index (κ1) is 20.0. The average Bonchev–Trinajstić information content (AvgIpc) is 3.06. The summed E-state index contributed by atoms with van der Waals surface area (Å²) in [5.74, 6) is 0.0819. The summed E-state index contributed by atoms with van der Waals surface area (Å²) in [6, 6.07) is 9.05. The van der Waals surface area contributed by atoms with Crippen LogP contribution >= 0.6 is 11.6 Å². The third kappa shape index (κ3) is 3.92. The fourth-order valence-corrected chi connectivity index (χ4v) is 3.45. The highest BCUT2D eigenvalue weighted by atomic mass is 35.5. The Kier molecular flexibility index (Phi) is 5.79. The normalized spacial score (nSPS) is 16.2. The average molecular weight is 403 g/mol. The van der Waals surface area contributed by atoms with Crippen molar-refractivity contribution in [1.82, 2.24) is 0 Å². The van der Waals surface area contributed by atoms with Crippen molar-refractivity contribution in [3.63, 3.8) is 0 Å². The van der Waals surface area contributed by atoms with Gasteiger partial charge in [-0.3, -0.25) is 9.59 Å². The topological polar surface area (TPSA) is 67.9 Å². The first-order valence-electron chi connectivity index (χ1n) is 8.94. The predicted octanol–water partition coefficient (Wildman–Crippen LogP) is 3.97. The van der Waals surface area contributed by atoms with Gasteiger partial charge in [-0.2, -0.15) is 0 Å². The van der Waals surface area contributed by atoms with Gasteiger partial charge in [-0.15, -0.1) is 0 Å². The number of ether oxygens (including phenoxy) is 2. The molecule has 148 valence electrons. The zero-order valence-electron chi connectivity index (χ0n) is 16.3. The lowest BCUT2D eigenvalue weighted by atomic mass is 10.1. The minimum absolute atomic E-state index is 0.0657. The van der Waals surface area contributed by atoms with Gasteiger partial charge in [0.1, 0.15) is 11.5 Å². The molecular formula is C21H23ClN2O4. The fraction of sp³-hybridized carbons (Fsp3) is 0.333. The first-order chi connectivity index (χ1) is 13.3. The molecule has 3 rings (SSSR count). The molecule has 1 N–H and O–H groups in total. The maximum absolute atomic E-state index is 12.8. The monoisotopic (exact) mass is 402 g/mol. The van der Waals surface area contributed by atoms with Crippen LogP contribution in [0, 0.1) is 19.8 Å². The Hall–Kier alpha value is -2.73. The van der Waals surface area contributed by atoms with Crippen molar-refractivity contribution < 1.29 is 19.1 Å². The van der Waals surface area contributed by atoms with Crippen molar-refractivity contribution in [1.29, 1.82) is 0 Å². The molecule has 0 radical (unpaired) electrons. The Bertz CT molecular complexity index is 929. The summed E-state index contributed by atoms with van der Waals surface area (Å²) >= 11 is 6.10. The van der Waals surface area contributed by atoms with E-state index in [1.54, 1.807) is 17.0 Å². The molecule has 6 nitrogen and oxygen atoms in total. The standard InChI is InChI=1S/C21H23ClN2O4/c1-12-5-6-15(7-13(12)2)24-11-14(8-20(24)25)21(26)23-17-10-18(27-3)16(22)9-19(17)28-4/h5-7,9-10,14H,8,11H2,1-4H3,(H,23,26)/t14-/m1/s1. The number of rotatable bonds is 5. The Labute approximate surface area is 169 Å². The van der Waals surface area contributed by atoms with Crippen LogP contribution in [0.2, 0.25) is 5.02 Å². The van der Waals surface area contributed by atoms with E-state index in [4.69, 9.17) is 21.1 Å². The molecule has 1 heterocycles. The maximum atomic E-state index is 12.8. The molecule has 1 fully saturated rings. The predicted molar refractivity (Wildman–Crippen MR) is 110 cm³/mol. The molecule has 0 unspecified atom stereocenters. The molecule has 2 aromatic rings. The first-order valence-corrected chi connectivity index (χ1v) is 9.31. The van der Waals surface area contributed by atoms with Crippen molar-refractivity contribution in [2.24, 2.45) is 5.92 Å². The van der Waals surface area contributed by atoms with Crippen LogP contribution in [0.15, 0.2) is 30.3 Å². The number of nitrogens with zero attached hydrogens (tertiary/aromatic N) is 1. The van der Waals surface area contributed by atoms with Gasteiger partial charge < -0.3 is 19.7 Å². The van der Waals surface area contributed by atoms with Crippen LogP contribution in [-0.4, -0.2) is 32.6 Å². The zero-order valence-corrected chi connectivity index (χ0v) is 17.1. The highest BCUT2D eigenvalue weighted by molar-refractivity contribution is 6.32. The van der Waals surface area contributed by atoms with Crippen molar-refractivity contribution in [2.45, 2.75) is 20.3 Å². The SMILES string of the molecule is COc1cc(NC(=O)[C@@H]2CC(=O)N(c3ccc(C)c(C)c3)C2)c(OC)cc1Cl. The number of anilines is 2. The number of hydrogen-bond acceptors (Lipinski definition) is 4. The van der Waals surface area contributed by atoms with E-state index in [2.05, 4.69) is 5.32 Å². The second-order valence-electron chi connectivity index (χ2n) is 6.85. The minimum atomic E-state index is -0.458. The van der Waals surface area contributed by atoms with Gasteiger partial charge in [-0.05, 0) is 37.1 Å². The third-order valence-corrected chi connectivity index (χ3v) is 5.33. The van der Waals surface area contributed by atoms with E-state index < -0.39 is 5.92 Å². The van der Waals surface area contributed by atoms with Gasteiger partial charge in [-0.25, -0.2) is 0 Å². The van der Waals surface area contributed by atoms with E-state index >= 15 is 0 Å². The highest BCUT2D eigenvalue weighted by Crippen LogP contribution is 2.36. The van der Waals surface area contributed by atoms with E-state index in [-0.39, 0.29) is 18.2 Å². The van der Waals surface area contributed by atoms with Gasteiger partial charge in [0.15, 0.2) is 0 Å². The molecule has 0 aromatic heterocycles. The van der Waals surface area contributed by atoms with Crippen LogP contribution in [0.3, 0.4) is 0 Å². The summed E-state index contributed by atoms with van der Waals surface area (Å²) < 4.78 is 10.5. The largest absolute Gasteiger partial charge is 0.495 e. The molecule has 0 spiro atoms. The Balaban J connectivity index is 1.77. The van der Waals surface area contributed by atoms with Gasteiger partial charge in [-0.1, -0.05) is 17.7 Å². The lowest BCUT2D eigenvalue weighted by Crippen LogP contribution is -2.28. The summed E-state index contributed by atoms with van der Waals surface area (Å²) in [5.41, 5.74) is 3.53. The van der Waals surface area contributed by atoms with Crippen LogP contribution in [-0.2, 0) is 9.59 Å². The number of aryl methyl sites for hydroxylation is 2. The van der Waals surface area contributed by atoms with Gasteiger partial charge in [0.2, 0.25) is 11.8 Å². The van der Waals surface area contributed by atoms with Gasteiger partial charge in [0.05, 0.1) is 30.8 Å². The van der Waals surface area contributed by atoms with Crippen LogP contribution in [0.25, 0.3) is 0 Å². The van der Waals surface area contributed by atoms with Crippen LogP contribution in [0.5, 0.6) is 11.5 Å². The maximum Gasteiger partial charge on any atom is 0.229 e. The Morgan fingerprint density at radius 3 is 2.46 bits per heavy atom. The molecule has 2 amide bonds. The molecule has 0 bridgehead atoms. The van der Waals surface area contributed by atoms with Crippen molar-refractivity contribution in [2.75, 3.05) is 31.0 Å². The molecule has 1 aliphatic heterocycles. The Morgan fingerprint density at radius 2 is 1.82 bits per heavy atom. The molecular weight excluding hydrogens is 380 g/mol. The summed E-state index contributed by atoms with van der Waals surface area (Å²) in [4.78, 5) is 26.9. The highest BCUT2D eigenvalue weighted by Gasteiger charge is 2.35. The fourth-order valence-electron chi connectivity index (χ4n) is 3.22. The summed E-state index contributed by atoms with van der Waals surface area (Å²) in [6.07, 6.45) is 0.159. The molecule has 1 saturated heterocycles. The van der Waals surface area contributed by atoms with Crippen molar-refractivity contribution in [3.05, 3.63) is 46.5 Å². The van der Waals surface area contributed by atoms with Crippen LogP contribution in [0.4, 0.5) is 11.4 Å². The van der Waals surface area contributed by atoms with E-state index in [0.717, 1.165) is 16.8 Å². The van der Waals surface area contributed by atoms with Gasteiger partial charge in [0, 0.05) is 30.8 Å². The second-order valence-corrected chi connectivity index (χ2v) is 7.26. The molecule has 0 aliphatic carbocycles. The van der Waals surface area contributed by atoms with Gasteiger partial charge >= 0.3 is 0 Å². The third-order valence-electron chi connectivity index (χ3n) is 5.03. The zero-order chi connectivity index (χ0) is 20.4. The van der Waals surface area contributed by atoms with E-state index in [1.807, 2.05) is 32.0 Å². The molecule has 7 heteroatoms. The van der Waals surface area contributed by atoms with E-state index in [0.29, 0.717) is 28.8 Å². The number of amides is 2. The van der Waals surface area contributed by atoms with E-state index in [9.17, 15) is 9.59 Å². The number of hydrogen-bond donors (Lipinski definition) is 1. The number of nitrogens with one attached hydrogen (secondary N) is 1. The number of carbonyl (C=O) groups excluding carboxylic acids is 2. The van der Waals surface area contributed by atoms with Crippen LogP contribution < -0.4 is 19.7 Å². The molecule has 28 heavy (non-hydrogen) atoms. The lowest BCUT2D eigenvalue weighted by molar-refractivity contribution is -0.122. The summed E-state index contributed by atoms with van der Waals surface area (Å²) in [5, 5.41) is 3.22. The molecule has 1 atom stereocenters. The second kappa shape index (κ2) is 8.10. The molecule has 0 saturated carbocycles. The van der Waals surface area contributed by atoms with Gasteiger partial charge in [0.25, 0.3) is 0 Å². The number of methoxy groups -OCH3 is 2. The number of benzene rings is 2. The lowest BCUT2D eigenvalue weighted by Gasteiger charge is -2.18.